The molecule has 0 spiro atoms. The van der Waals surface area contributed by atoms with Gasteiger partial charge in [-0.05, 0) is 42.7 Å². The summed E-state index contributed by atoms with van der Waals surface area (Å²) in [5, 5.41) is 7.76. The number of amides is 2. The van der Waals surface area contributed by atoms with Gasteiger partial charge in [-0.1, -0.05) is 29.8 Å². The number of hydrogen-bond acceptors (Lipinski definition) is 3. The van der Waals surface area contributed by atoms with Gasteiger partial charge in [0.2, 0.25) is 5.91 Å². The Hall–Kier alpha value is -2.34. The zero-order chi connectivity index (χ0) is 19.7. The van der Waals surface area contributed by atoms with E-state index in [2.05, 4.69) is 10.4 Å². The molecule has 1 aliphatic carbocycles. The van der Waals surface area contributed by atoms with Crippen LogP contribution < -0.4 is 5.32 Å². The average molecular weight is 401 g/mol. The molecule has 2 unspecified atom stereocenters. The van der Waals surface area contributed by atoms with Crippen molar-refractivity contribution in [3.8, 4) is 0 Å². The number of benzene rings is 1. The van der Waals surface area contributed by atoms with Crippen LogP contribution in [0, 0.1) is 11.8 Å². The summed E-state index contributed by atoms with van der Waals surface area (Å²) in [7, 11) is 1.79. The quantitative estimate of drug-likeness (QED) is 0.839. The van der Waals surface area contributed by atoms with Gasteiger partial charge in [0, 0.05) is 43.8 Å². The molecule has 6 nitrogen and oxygen atoms in total. The first-order valence-electron chi connectivity index (χ1n) is 9.83. The molecular formula is C21H25ClN4O2. The Kier molecular flexibility index (Phi) is 5.40. The van der Waals surface area contributed by atoms with Crippen LogP contribution in [-0.2, 0) is 11.8 Å². The summed E-state index contributed by atoms with van der Waals surface area (Å²) in [5.41, 5.74) is 1.67. The topological polar surface area (TPSA) is 67.2 Å². The summed E-state index contributed by atoms with van der Waals surface area (Å²) >= 11 is 6.28. The number of hydrogen-bond donors (Lipinski definition) is 1. The smallest absolute Gasteiger partial charge is 0.254 e. The molecule has 1 saturated carbocycles. The predicted molar refractivity (Wildman–Crippen MR) is 107 cm³/mol. The molecule has 2 aromatic rings. The van der Waals surface area contributed by atoms with Crippen molar-refractivity contribution >= 4 is 23.4 Å². The van der Waals surface area contributed by atoms with Gasteiger partial charge in [-0.3, -0.25) is 14.3 Å². The van der Waals surface area contributed by atoms with E-state index in [-0.39, 0.29) is 23.7 Å². The Morgan fingerprint density at radius 2 is 2.00 bits per heavy atom. The number of halogens is 1. The fraction of sp³-hybridized carbons (Fsp3) is 0.476. The number of piperidine rings is 1. The summed E-state index contributed by atoms with van der Waals surface area (Å²) in [4.78, 5) is 26.9. The SMILES string of the molecule is Cn1cc(C(=O)NCC2CCN(C(=O)C3CC3c3ccccc3Cl)CC2)cn1. The van der Waals surface area contributed by atoms with Crippen LogP contribution in [-0.4, -0.2) is 46.1 Å². The number of carbonyl (C=O) groups is 2. The molecule has 7 heteroatoms. The third-order valence-corrected chi connectivity index (χ3v) is 6.20. The lowest BCUT2D eigenvalue weighted by molar-refractivity contribution is -0.134. The van der Waals surface area contributed by atoms with Gasteiger partial charge in [-0.2, -0.15) is 5.10 Å². The number of aromatic nitrogens is 2. The minimum Gasteiger partial charge on any atom is -0.352 e. The van der Waals surface area contributed by atoms with Crippen LogP contribution in [0.3, 0.4) is 0 Å². The van der Waals surface area contributed by atoms with Gasteiger partial charge in [-0.15, -0.1) is 0 Å². The van der Waals surface area contributed by atoms with Gasteiger partial charge in [0.25, 0.3) is 5.91 Å². The minimum atomic E-state index is -0.0906. The van der Waals surface area contributed by atoms with E-state index in [1.807, 2.05) is 29.2 Å². The average Bonchev–Trinajstić information content (AvgIpc) is 3.38. The van der Waals surface area contributed by atoms with Crippen LogP contribution in [0.2, 0.25) is 5.02 Å². The lowest BCUT2D eigenvalue weighted by Crippen LogP contribution is -2.42. The second-order valence-corrected chi connectivity index (χ2v) is 8.26. The van der Waals surface area contributed by atoms with Crippen LogP contribution in [0.1, 0.15) is 41.1 Å². The summed E-state index contributed by atoms with van der Waals surface area (Å²) in [6, 6.07) is 7.81. The standard InChI is InChI=1S/C21H25ClN4O2/c1-25-13-15(12-24-25)20(27)23-11-14-6-8-26(9-7-14)21(28)18-10-17(18)16-4-2-3-5-19(16)22/h2-5,12-14,17-18H,6-11H2,1H3,(H,23,27). The summed E-state index contributed by atoms with van der Waals surface area (Å²) < 4.78 is 1.62. The number of aryl methyl sites for hydroxylation is 1. The maximum atomic E-state index is 12.8. The fourth-order valence-corrected chi connectivity index (χ4v) is 4.33. The van der Waals surface area contributed by atoms with Crippen LogP contribution in [0.4, 0.5) is 0 Å². The zero-order valence-corrected chi connectivity index (χ0v) is 16.7. The van der Waals surface area contributed by atoms with Crippen LogP contribution >= 0.6 is 11.6 Å². The highest BCUT2D eigenvalue weighted by molar-refractivity contribution is 6.31. The fourth-order valence-electron chi connectivity index (χ4n) is 4.06. The van der Waals surface area contributed by atoms with Crippen LogP contribution in [0.15, 0.2) is 36.7 Å². The van der Waals surface area contributed by atoms with Gasteiger partial charge < -0.3 is 10.2 Å². The van der Waals surface area contributed by atoms with Gasteiger partial charge in [0.05, 0.1) is 11.8 Å². The molecule has 1 saturated heterocycles. The van der Waals surface area contributed by atoms with E-state index in [1.165, 1.54) is 0 Å². The van der Waals surface area contributed by atoms with E-state index in [9.17, 15) is 9.59 Å². The van der Waals surface area contributed by atoms with E-state index in [1.54, 1.807) is 24.1 Å². The first kappa shape index (κ1) is 19.0. The molecule has 1 aromatic heterocycles. The van der Waals surface area contributed by atoms with Gasteiger partial charge in [0.1, 0.15) is 0 Å². The molecule has 4 rings (SSSR count). The molecule has 0 bridgehead atoms. The van der Waals surface area contributed by atoms with Crippen molar-refractivity contribution in [2.24, 2.45) is 18.9 Å². The highest BCUT2D eigenvalue weighted by Gasteiger charge is 2.46. The molecule has 2 aliphatic rings. The Bertz CT molecular complexity index is 873. The molecule has 2 heterocycles. The Balaban J connectivity index is 1.23. The van der Waals surface area contributed by atoms with Gasteiger partial charge in [0.15, 0.2) is 0 Å². The van der Waals surface area contributed by atoms with Gasteiger partial charge >= 0.3 is 0 Å². The van der Waals surface area contributed by atoms with Crippen molar-refractivity contribution < 1.29 is 9.59 Å². The summed E-state index contributed by atoms with van der Waals surface area (Å²) in [5.74, 6) is 0.901. The minimum absolute atomic E-state index is 0.0710. The van der Waals surface area contributed by atoms with E-state index in [0.29, 0.717) is 18.0 Å². The van der Waals surface area contributed by atoms with E-state index in [4.69, 9.17) is 11.6 Å². The molecule has 2 fully saturated rings. The molecule has 2 amide bonds. The number of nitrogens with one attached hydrogen (secondary N) is 1. The lowest BCUT2D eigenvalue weighted by atomic mass is 9.96. The molecule has 148 valence electrons. The molecule has 1 N–H and O–H groups in total. The Morgan fingerprint density at radius 1 is 1.25 bits per heavy atom. The third-order valence-electron chi connectivity index (χ3n) is 5.86. The third kappa shape index (κ3) is 4.07. The number of carbonyl (C=O) groups excluding carboxylic acids is 2. The summed E-state index contributed by atoms with van der Waals surface area (Å²) in [6.07, 6.45) is 6.01. The Labute approximate surface area is 169 Å². The lowest BCUT2D eigenvalue weighted by Gasteiger charge is -2.32. The summed E-state index contributed by atoms with van der Waals surface area (Å²) in [6.45, 7) is 2.16. The highest BCUT2D eigenvalue weighted by atomic mass is 35.5. The predicted octanol–water partition coefficient (Wildman–Crippen LogP) is 2.85. The second-order valence-electron chi connectivity index (χ2n) is 7.85. The first-order valence-corrected chi connectivity index (χ1v) is 10.2. The van der Waals surface area contributed by atoms with Crippen molar-refractivity contribution in [3.05, 3.63) is 52.8 Å². The normalized spacial score (nSPS) is 22.1. The molecule has 2 atom stereocenters. The monoisotopic (exact) mass is 400 g/mol. The second kappa shape index (κ2) is 7.95. The van der Waals surface area contributed by atoms with Crippen LogP contribution in [0.25, 0.3) is 0 Å². The molecule has 28 heavy (non-hydrogen) atoms. The first-order chi connectivity index (χ1) is 13.5. The zero-order valence-electron chi connectivity index (χ0n) is 16.0. The van der Waals surface area contributed by atoms with Crippen molar-refractivity contribution in [1.82, 2.24) is 20.0 Å². The van der Waals surface area contributed by atoms with E-state index >= 15 is 0 Å². The number of likely N-dealkylation sites (tertiary alicyclic amines) is 1. The maximum Gasteiger partial charge on any atom is 0.254 e. The Morgan fingerprint density at radius 3 is 2.68 bits per heavy atom. The largest absolute Gasteiger partial charge is 0.352 e. The molecule has 0 radical (unpaired) electrons. The number of nitrogens with zero attached hydrogens (tertiary/aromatic N) is 3. The van der Waals surface area contributed by atoms with Crippen molar-refractivity contribution in [2.45, 2.75) is 25.2 Å². The van der Waals surface area contributed by atoms with Crippen molar-refractivity contribution in [3.63, 3.8) is 0 Å². The molecule has 1 aliphatic heterocycles. The molecular weight excluding hydrogens is 376 g/mol. The van der Waals surface area contributed by atoms with Crippen molar-refractivity contribution in [2.75, 3.05) is 19.6 Å². The van der Waals surface area contributed by atoms with Crippen LogP contribution in [0.5, 0.6) is 0 Å². The van der Waals surface area contributed by atoms with E-state index in [0.717, 1.165) is 42.9 Å². The van der Waals surface area contributed by atoms with Crippen molar-refractivity contribution in [1.29, 1.82) is 0 Å². The molecule has 1 aromatic carbocycles. The highest BCUT2D eigenvalue weighted by Crippen LogP contribution is 2.50. The number of rotatable bonds is 5. The van der Waals surface area contributed by atoms with E-state index < -0.39 is 0 Å². The van der Waals surface area contributed by atoms with Gasteiger partial charge in [-0.25, -0.2) is 0 Å². The maximum absolute atomic E-state index is 12.8.